The van der Waals surface area contributed by atoms with Gasteiger partial charge in [0.25, 0.3) is 10.0 Å². The van der Waals surface area contributed by atoms with Crippen LogP contribution in [-0.4, -0.2) is 24.0 Å². The summed E-state index contributed by atoms with van der Waals surface area (Å²) in [5.74, 6) is -0.201. The highest BCUT2D eigenvalue weighted by atomic mass is 32.2. The van der Waals surface area contributed by atoms with Crippen molar-refractivity contribution in [1.29, 1.82) is 0 Å². The molecule has 1 aromatic heterocycles. The number of rotatable bonds is 4. The molecule has 112 valence electrons. The van der Waals surface area contributed by atoms with Crippen molar-refractivity contribution in [2.45, 2.75) is 25.7 Å². The van der Waals surface area contributed by atoms with Gasteiger partial charge in [0.1, 0.15) is 4.90 Å². The van der Waals surface area contributed by atoms with Crippen molar-refractivity contribution in [3.8, 4) is 0 Å². The second-order valence-corrected chi connectivity index (χ2v) is 6.45. The molecule has 0 aliphatic rings. The Balaban J connectivity index is 2.50. The van der Waals surface area contributed by atoms with Gasteiger partial charge in [-0.15, -0.1) is 0 Å². The average Bonchev–Trinajstić information content (AvgIpc) is 2.63. The topological polar surface area (TPSA) is 81.1 Å². The zero-order chi connectivity index (χ0) is 15.8. The maximum atomic E-state index is 12.6. The Morgan fingerprint density at radius 2 is 1.86 bits per heavy atom. The molecule has 2 aromatic rings. The maximum absolute atomic E-state index is 12.6. The summed E-state index contributed by atoms with van der Waals surface area (Å²) in [5.41, 5.74) is 1.57. The molecule has 7 heteroatoms. The number of para-hydroxylation sites is 1. The molecular weight excluding hydrogens is 290 g/mol. The fourth-order valence-electron chi connectivity index (χ4n) is 2.22. The smallest absolute Gasteiger partial charge is 0.265 e. The summed E-state index contributed by atoms with van der Waals surface area (Å²) in [5, 5.41) is 4.11. The number of nitrogens with zero attached hydrogens (tertiary/aromatic N) is 2. The monoisotopic (exact) mass is 307 g/mol. The molecule has 0 radical (unpaired) electrons. The highest BCUT2D eigenvalue weighted by molar-refractivity contribution is 7.92. The minimum absolute atomic E-state index is 0.142. The molecule has 1 aromatic carbocycles. The third kappa shape index (κ3) is 2.82. The Morgan fingerprint density at radius 3 is 2.38 bits per heavy atom. The van der Waals surface area contributed by atoms with Crippen molar-refractivity contribution >= 4 is 21.5 Å². The molecule has 0 saturated carbocycles. The van der Waals surface area contributed by atoms with Crippen molar-refractivity contribution in [2.75, 3.05) is 4.72 Å². The number of anilines is 1. The van der Waals surface area contributed by atoms with Crippen LogP contribution in [0.25, 0.3) is 0 Å². The molecule has 0 aliphatic carbocycles. The number of ketones is 1. The summed E-state index contributed by atoms with van der Waals surface area (Å²) in [6, 6.07) is 6.51. The second kappa shape index (κ2) is 5.33. The lowest BCUT2D eigenvalue weighted by molar-refractivity contribution is 0.101. The fourth-order valence-corrected chi connectivity index (χ4v) is 3.74. The summed E-state index contributed by atoms with van der Waals surface area (Å²) in [4.78, 5) is 11.7. The molecule has 0 amide bonds. The standard InChI is InChI=1S/C14H17N3O3S/c1-9-14(10(2)17(4)15-9)21(19,20)16-13-8-6-5-7-12(13)11(3)18/h5-8,16H,1-4H3. The van der Waals surface area contributed by atoms with Crippen LogP contribution in [0.5, 0.6) is 0 Å². The van der Waals surface area contributed by atoms with E-state index in [2.05, 4.69) is 9.82 Å². The van der Waals surface area contributed by atoms with E-state index in [-0.39, 0.29) is 16.4 Å². The summed E-state index contributed by atoms with van der Waals surface area (Å²) >= 11 is 0. The third-order valence-corrected chi connectivity index (χ3v) is 4.88. The van der Waals surface area contributed by atoms with Gasteiger partial charge in [0.2, 0.25) is 0 Å². The van der Waals surface area contributed by atoms with E-state index in [0.717, 1.165) is 0 Å². The molecule has 0 spiro atoms. The number of hydrogen-bond donors (Lipinski definition) is 1. The summed E-state index contributed by atoms with van der Waals surface area (Å²) in [6.07, 6.45) is 0. The summed E-state index contributed by atoms with van der Waals surface area (Å²) < 4.78 is 29.1. The van der Waals surface area contributed by atoms with Crippen molar-refractivity contribution < 1.29 is 13.2 Å². The highest BCUT2D eigenvalue weighted by Crippen LogP contribution is 2.24. The van der Waals surface area contributed by atoms with Crippen LogP contribution in [0.1, 0.15) is 28.7 Å². The number of aromatic nitrogens is 2. The van der Waals surface area contributed by atoms with E-state index < -0.39 is 10.0 Å². The Labute approximate surface area is 123 Å². The highest BCUT2D eigenvalue weighted by Gasteiger charge is 2.24. The van der Waals surface area contributed by atoms with E-state index >= 15 is 0 Å². The van der Waals surface area contributed by atoms with Crippen molar-refractivity contribution in [3.05, 3.63) is 41.2 Å². The zero-order valence-electron chi connectivity index (χ0n) is 12.3. The van der Waals surface area contributed by atoms with Crippen LogP contribution < -0.4 is 4.72 Å². The van der Waals surface area contributed by atoms with Gasteiger partial charge in [-0.25, -0.2) is 8.42 Å². The first-order valence-electron chi connectivity index (χ1n) is 6.37. The van der Waals surface area contributed by atoms with Gasteiger partial charge in [-0.05, 0) is 32.9 Å². The molecule has 0 bridgehead atoms. The number of nitrogens with one attached hydrogen (secondary N) is 1. The molecule has 0 atom stereocenters. The number of aryl methyl sites for hydroxylation is 2. The lowest BCUT2D eigenvalue weighted by atomic mass is 10.1. The van der Waals surface area contributed by atoms with Gasteiger partial charge in [0.05, 0.1) is 17.1 Å². The predicted octanol–water partition coefficient (Wildman–Crippen LogP) is 2.04. The lowest BCUT2D eigenvalue weighted by Gasteiger charge is -2.11. The van der Waals surface area contributed by atoms with Crippen LogP contribution in [0.4, 0.5) is 5.69 Å². The first-order valence-corrected chi connectivity index (χ1v) is 7.85. The van der Waals surface area contributed by atoms with Crippen LogP contribution in [0.15, 0.2) is 29.2 Å². The van der Waals surface area contributed by atoms with Gasteiger partial charge in [-0.2, -0.15) is 5.10 Å². The van der Waals surface area contributed by atoms with Gasteiger partial charge in [0, 0.05) is 12.6 Å². The van der Waals surface area contributed by atoms with Gasteiger partial charge in [-0.1, -0.05) is 12.1 Å². The first kappa shape index (κ1) is 15.2. The van der Waals surface area contributed by atoms with Gasteiger partial charge in [0.15, 0.2) is 5.78 Å². The molecular formula is C14H17N3O3S. The Kier molecular flexibility index (Phi) is 3.87. The third-order valence-electron chi connectivity index (χ3n) is 3.26. The lowest BCUT2D eigenvalue weighted by Crippen LogP contribution is -2.16. The van der Waals surface area contributed by atoms with Crippen LogP contribution in [0.3, 0.4) is 0 Å². The van der Waals surface area contributed by atoms with Gasteiger partial charge >= 0.3 is 0 Å². The molecule has 21 heavy (non-hydrogen) atoms. The van der Waals surface area contributed by atoms with Crippen molar-refractivity contribution in [3.63, 3.8) is 0 Å². The molecule has 0 saturated heterocycles. The van der Waals surface area contributed by atoms with E-state index in [4.69, 9.17) is 0 Å². The number of Topliss-reactive ketones (excluding diaryl/α,β-unsaturated/α-hetero) is 1. The second-order valence-electron chi connectivity index (χ2n) is 4.83. The number of carbonyl (C=O) groups is 1. The summed E-state index contributed by atoms with van der Waals surface area (Å²) in [7, 11) is -2.11. The van der Waals surface area contributed by atoms with E-state index in [0.29, 0.717) is 17.0 Å². The van der Waals surface area contributed by atoms with E-state index in [1.807, 2.05) is 0 Å². The Morgan fingerprint density at radius 1 is 1.24 bits per heavy atom. The van der Waals surface area contributed by atoms with Crippen LogP contribution in [0, 0.1) is 13.8 Å². The fraction of sp³-hybridized carbons (Fsp3) is 0.286. The number of sulfonamides is 1. The Bertz CT molecular complexity index is 807. The van der Waals surface area contributed by atoms with E-state index in [1.165, 1.54) is 11.6 Å². The molecule has 6 nitrogen and oxygen atoms in total. The number of benzene rings is 1. The maximum Gasteiger partial charge on any atom is 0.265 e. The molecule has 1 N–H and O–H groups in total. The summed E-state index contributed by atoms with van der Waals surface area (Å²) in [6.45, 7) is 4.72. The molecule has 0 aliphatic heterocycles. The largest absolute Gasteiger partial charge is 0.294 e. The quantitative estimate of drug-likeness (QED) is 0.876. The SMILES string of the molecule is CC(=O)c1ccccc1NS(=O)(=O)c1c(C)nn(C)c1C. The Hall–Kier alpha value is -2.15. The van der Waals surface area contributed by atoms with Gasteiger partial charge < -0.3 is 0 Å². The average molecular weight is 307 g/mol. The molecule has 1 heterocycles. The predicted molar refractivity (Wildman–Crippen MR) is 79.9 cm³/mol. The minimum Gasteiger partial charge on any atom is -0.294 e. The first-order chi connectivity index (χ1) is 9.74. The van der Waals surface area contributed by atoms with Crippen LogP contribution in [-0.2, 0) is 17.1 Å². The van der Waals surface area contributed by atoms with E-state index in [1.54, 1.807) is 45.2 Å². The van der Waals surface area contributed by atoms with Crippen molar-refractivity contribution in [2.24, 2.45) is 7.05 Å². The van der Waals surface area contributed by atoms with E-state index in [9.17, 15) is 13.2 Å². The number of hydrogen-bond acceptors (Lipinski definition) is 4. The van der Waals surface area contributed by atoms with Crippen LogP contribution in [0.2, 0.25) is 0 Å². The van der Waals surface area contributed by atoms with Crippen molar-refractivity contribution in [1.82, 2.24) is 9.78 Å². The molecule has 2 rings (SSSR count). The molecule has 0 fully saturated rings. The van der Waals surface area contributed by atoms with Crippen LogP contribution >= 0.6 is 0 Å². The van der Waals surface area contributed by atoms with Gasteiger partial charge in [-0.3, -0.25) is 14.2 Å². The number of carbonyl (C=O) groups excluding carboxylic acids is 1. The molecule has 0 unspecified atom stereocenters. The normalized spacial score (nSPS) is 11.4. The minimum atomic E-state index is -3.80. The zero-order valence-corrected chi connectivity index (χ0v) is 13.2.